The third kappa shape index (κ3) is 3.36. The Kier molecular flexibility index (Phi) is 4.42. The van der Waals surface area contributed by atoms with Crippen molar-refractivity contribution in [3.8, 4) is 0 Å². The average Bonchev–Trinajstić information content (AvgIpc) is 2.38. The van der Waals surface area contributed by atoms with E-state index in [0.717, 1.165) is 0 Å². The molecule has 0 unspecified atom stereocenters. The fourth-order valence-electron chi connectivity index (χ4n) is 2.27. The highest BCUT2D eigenvalue weighted by atomic mass is 35.5. The summed E-state index contributed by atoms with van der Waals surface area (Å²) in [5.74, 6) is 0.155. The number of hydrogen-bond donors (Lipinski definition) is 1. The first-order chi connectivity index (χ1) is 9.41. The highest BCUT2D eigenvalue weighted by molar-refractivity contribution is 6.29. The second-order valence-electron chi connectivity index (χ2n) is 4.93. The van der Waals surface area contributed by atoms with Crippen molar-refractivity contribution in [2.45, 2.75) is 18.4 Å². The molecule has 7 nitrogen and oxygen atoms in total. The van der Waals surface area contributed by atoms with Crippen LogP contribution in [0.2, 0.25) is 5.15 Å². The van der Waals surface area contributed by atoms with Crippen LogP contribution < -0.4 is 4.90 Å². The third-order valence-electron chi connectivity index (χ3n) is 3.33. The molecule has 0 atom stereocenters. The Morgan fingerprint density at radius 1 is 1.55 bits per heavy atom. The zero-order valence-corrected chi connectivity index (χ0v) is 11.8. The molecule has 1 aliphatic heterocycles. The normalized spacial score (nSPS) is 17.8. The van der Waals surface area contributed by atoms with E-state index in [9.17, 15) is 15.2 Å². The second kappa shape index (κ2) is 5.90. The lowest BCUT2D eigenvalue weighted by Crippen LogP contribution is -2.46. The number of rotatable bonds is 4. The van der Waals surface area contributed by atoms with E-state index < -0.39 is 10.5 Å². The molecule has 1 aromatic heterocycles. The van der Waals surface area contributed by atoms with E-state index in [0.29, 0.717) is 26.1 Å². The van der Waals surface area contributed by atoms with Crippen LogP contribution >= 0.6 is 11.6 Å². The van der Waals surface area contributed by atoms with Crippen molar-refractivity contribution in [3.63, 3.8) is 0 Å². The van der Waals surface area contributed by atoms with Crippen molar-refractivity contribution < 1.29 is 14.8 Å². The van der Waals surface area contributed by atoms with Crippen LogP contribution in [0.15, 0.2) is 12.1 Å². The Morgan fingerprint density at radius 2 is 2.20 bits per heavy atom. The molecule has 20 heavy (non-hydrogen) atoms. The van der Waals surface area contributed by atoms with Gasteiger partial charge in [0.15, 0.2) is 0 Å². The predicted octanol–water partition coefficient (Wildman–Crippen LogP) is 1.62. The Hall–Kier alpha value is -1.44. The largest absolute Gasteiger partial charge is 0.388 e. The van der Waals surface area contributed by atoms with Crippen LogP contribution in [0.5, 0.6) is 0 Å². The topological polar surface area (TPSA) is 88.7 Å². The predicted molar refractivity (Wildman–Crippen MR) is 74.2 cm³/mol. The van der Waals surface area contributed by atoms with Gasteiger partial charge in [-0.15, -0.1) is 0 Å². The first-order valence-corrected chi connectivity index (χ1v) is 6.61. The van der Waals surface area contributed by atoms with Crippen molar-refractivity contribution in [2.24, 2.45) is 0 Å². The number of anilines is 1. The minimum absolute atomic E-state index is 0.132. The SMILES string of the molecule is CN(CC1(O)CCOCC1)c1nc(Cl)ccc1[N+](=O)[O-]. The molecule has 0 aliphatic carbocycles. The molecular formula is C12H16ClN3O4. The van der Waals surface area contributed by atoms with E-state index in [-0.39, 0.29) is 23.2 Å². The molecule has 1 aromatic rings. The number of pyridine rings is 1. The molecule has 1 N–H and O–H groups in total. The van der Waals surface area contributed by atoms with Gasteiger partial charge in [0.1, 0.15) is 5.15 Å². The van der Waals surface area contributed by atoms with Gasteiger partial charge >= 0.3 is 5.69 Å². The van der Waals surface area contributed by atoms with E-state index in [2.05, 4.69) is 4.98 Å². The van der Waals surface area contributed by atoms with Crippen LogP contribution in [0.25, 0.3) is 0 Å². The second-order valence-corrected chi connectivity index (χ2v) is 5.31. The van der Waals surface area contributed by atoms with Crippen LogP contribution in [0, 0.1) is 10.1 Å². The van der Waals surface area contributed by atoms with Crippen LogP contribution in [0.4, 0.5) is 11.5 Å². The van der Waals surface area contributed by atoms with Gasteiger partial charge in [-0.3, -0.25) is 10.1 Å². The summed E-state index contributed by atoms with van der Waals surface area (Å²) < 4.78 is 5.21. The van der Waals surface area contributed by atoms with Gasteiger partial charge in [0.05, 0.1) is 10.5 Å². The van der Waals surface area contributed by atoms with Crippen molar-refractivity contribution in [1.82, 2.24) is 4.98 Å². The summed E-state index contributed by atoms with van der Waals surface area (Å²) in [4.78, 5) is 16.1. The summed E-state index contributed by atoms with van der Waals surface area (Å²) in [7, 11) is 1.65. The summed E-state index contributed by atoms with van der Waals surface area (Å²) in [5.41, 5.74) is -1.06. The summed E-state index contributed by atoms with van der Waals surface area (Å²) in [6, 6.07) is 2.69. The summed E-state index contributed by atoms with van der Waals surface area (Å²) in [6.07, 6.45) is 0.984. The molecule has 0 spiro atoms. The van der Waals surface area contributed by atoms with E-state index in [1.807, 2.05) is 0 Å². The van der Waals surface area contributed by atoms with Crippen molar-refractivity contribution >= 4 is 23.1 Å². The Labute approximate surface area is 121 Å². The molecule has 1 saturated heterocycles. The maximum absolute atomic E-state index is 11.0. The van der Waals surface area contributed by atoms with Gasteiger partial charge in [0.2, 0.25) is 5.82 Å². The smallest absolute Gasteiger partial charge is 0.311 e. The molecule has 1 fully saturated rings. The van der Waals surface area contributed by atoms with E-state index >= 15 is 0 Å². The molecule has 110 valence electrons. The van der Waals surface area contributed by atoms with Crippen molar-refractivity contribution in [3.05, 3.63) is 27.4 Å². The number of hydrogen-bond acceptors (Lipinski definition) is 6. The highest BCUT2D eigenvalue weighted by Crippen LogP contribution is 2.29. The lowest BCUT2D eigenvalue weighted by molar-refractivity contribution is -0.384. The minimum atomic E-state index is -0.926. The average molecular weight is 302 g/mol. The van der Waals surface area contributed by atoms with Gasteiger partial charge in [-0.2, -0.15) is 0 Å². The van der Waals surface area contributed by atoms with E-state index in [4.69, 9.17) is 16.3 Å². The number of aliphatic hydroxyl groups is 1. The summed E-state index contributed by atoms with van der Waals surface area (Å²) in [5, 5.41) is 21.6. The maximum atomic E-state index is 11.0. The number of nitrogens with zero attached hydrogens (tertiary/aromatic N) is 3. The van der Waals surface area contributed by atoms with Gasteiger partial charge in [-0.25, -0.2) is 4.98 Å². The van der Waals surface area contributed by atoms with Crippen LogP contribution in [-0.2, 0) is 4.74 Å². The Morgan fingerprint density at radius 3 is 2.80 bits per heavy atom. The molecular weight excluding hydrogens is 286 g/mol. The zero-order valence-electron chi connectivity index (χ0n) is 11.1. The quantitative estimate of drug-likeness (QED) is 0.516. The van der Waals surface area contributed by atoms with Crippen LogP contribution in [-0.4, -0.2) is 47.4 Å². The van der Waals surface area contributed by atoms with Gasteiger partial charge in [-0.1, -0.05) is 11.6 Å². The molecule has 2 rings (SSSR count). The molecule has 0 bridgehead atoms. The minimum Gasteiger partial charge on any atom is -0.388 e. The van der Waals surface area contributed by atoms with Crippen LogP contribution in [0.3, 0.4) is 0 Å². The summed E-state index contributed by atoms with van der Waals surface area (Å²) in [6.45, 7) is 1.20. The maximum Gasteiger partial charge on any atom is 0.311 e. The fraction of sp³-hybridized carbons (Fsp3) is 0.583. The molecule has 0 amide bonds. The number of aromatic nitrogens is 1. The number of halogens is 1. The molecule has 0 saturated carbocycles. The van der Waals surface area contributed by atoms with Gasteiger partial charge in [0.25, 0.3) is 0 Å². The van der Waals surface area contributed by atoms with Gasteiger partial charge in [0, 0.05) is 45.7 Å². The van der Waals surface area contributed by atoms with Crippen molar-refractivity contribution in [1.29, 1.82) is 0 Å². The highest BCUT2D eigenvalue weighted by Gasteiger charge is 2.33. The first-order valence-electron chi connectivity index (χ1n) is 6.23. The Balaban J connectivity index is 2.21. The molecule has 8 heteroatoms. The zero-order chi connectivity index (χ0) is 14.8. The Bertz CT molecular complexity index is 505. The lowest BCUT2D eigenvalue weighted by Gasteiger charge is -2.35. The lowest BCUT2D eigenvalue weighted by atomic mass is 9.94. The molecule has 1 aliphatic rings. The standard InChI is InChI=1S/C12H16ClN3O4/c1-15(8-12(17)4-6-20-7-5-12)11-9(16(18)19)2-3-10(13)14-11/h2-3,17H,4-8H2,1H3. The third-order valence-corrected chi connectivity index (χ3v) is 3.54. The van der Waals surface area contributed by atoms with Crippen LogP contribution in [0.1, 0.15) is 12.8 Å². The van der Waals surface area contributed by atoms with Gasteiger partial charge in [-0.05, 0) is 6.07 Å². The fourth-order valence-corrected chi connectivity index (χ4v) is 2.41. The number of ether oxygens (including phenoxy) is 1. The van der Waals surface area contributed by atoms with Gasteiger partial charge < -0.3 is 14.7 Å². The number of nitro groups is 1. The first kappa shape index (κ1) is 15.0. The molecule has 2 heterocycles. The number of likely N-dealkylation sites (N-methyl/N-ethyl adjacent to an activating group) is 1. The molecule has 0 radical (unpaired) electrons. The van der Waals surface area contributed by atoms with Crippen molar-refractivity contribution in [2.75, 3.05) is 31.7 Å². The summed E-state index contributed by atoms with van der Waals surface area (Å²) >= 11 is 5.80. The molecule has 0 aromatic carbocycles. The monoisotopic (exact) mass is 301 g/mol. The van der Waals surface area contributed by atoms with E-state index in [1.54, 1.807) is 11.9 Å². The van der Waals surface area contributed by atoms with E-state index in [1.165, 1.54) is 12.1 Å².